The number of benzene rings is 1. The first kappa shape index (κ1) is 18.7. The van der Waals surface area contributed by atoms with E-state index in [2.05, 4.69) is 9.97 Å². The zero-order valence-corrected chi connectivity index (χ0v) is 14.8. The van der Waals surface area contributed by atoms with Crippen LogP contribution in [-0.4, -0.2) is 38.5 Å². The highest BCUT2D eigenvalue weighted by molar-refractivity contribution is 5.77. The van der Waals surface area contributed by atoms with Crippen LogP contribution in [0.25, 0.3) is 11.0 Å². The van der Waals surface area contributed by atoms with Crippen LogP contribution < -0.4 is 4.74 Å². The number of ether oxygens (including phenoxy) is 2. The van der Waals surface area contributed by atoms with Gasteiger partial charge in [-0.3, -0.25) is 0 Å². The predicted molar refractivity (Wildman–Crippen MR) is 94.0 cm³/mol. The molecule has 9 heteroatoms. The number of hydrogen-bond donors (Lipinski definition) is 1. The van der Waals surface area contributed by atoms with E-state index >= 15 is 0 Å². The standard InChI is InChI=1S/C19H18F3N3O3/c20-19(21,22)13-1-4-17(23-10-13)28-14-2-3-15-16(9-14)25(12-24-15)11-18(26)5-7-27-8-6-18/h1-4,9-10,12,26H,5-8,11H2. The molecule has 0 aliphatic carbocycles. The van der Waals surface area contributed by atoms with Gasteiger partial charge in [-0.1, -0.05) is 0 Å². The van der Waals surface area contributed by atoms with Crippen LogP contribution in [0, 0.1) is 0 Å². The summed E-state index contributed by atoms with van der Waals surface area (Å²) in [5, 5.41) is 10.7. The number of aromatic nitrogens is 3. The summed E-state index contributed by atoms with van der Waals surface area (Å²) < 4.78 is 50.6. The number of rotatable bonds is 4. The number of imidazole rings is 1. The van der Waals surface area contributed by atoms with E-state index in [0.29, 0.717) is 38.3 Å². The van der Waals surface area contributed by atoms with Crippen molar-refractivity contribution in [2.75, 3.05) is 13.2 Å². The highest BCUT2D eigenvalue weighted by atomic mass is 19.4. The Balaban J connectivity index is 1.55. The van der Waals surface area contributed by atoms with E-state index in [0.717, 1.165) is 23.3 Å². The summed E-state index contributed by atoms with van der Waals surface area (Å²) in [5.41, 5.74) is -0.219. The Morgan fingerprint density at radius 3 is 2.61 bits per heavy atom. The third-order valence-electron chi connectivity index (χ3n) is 4.77. The molecule has 0 amide bonds. The SMILES string of the molecule is OC1(Cn2cnc3ccc(Oc4ccc(C(F)(F)F)cn4)cc32)CCOCC1. The van der Waals surface area contributed by atoms with Gasteiger partial charge in [0.05, 0.1) is 35.1 Å². The quantitative estimate of drug-likeness (QED) is 0.731. The van der Waals surface area contributed by atoms with Crippen molar-refractivity contribution < 1.29 is 27.8 Å². The van der Waals surface area contributed by atoms with Crippen LogP contribution in [0.3, 0.4) is 0 Å². The Morgan fingerprint density at radius 2 is 1.93 bits per heavy atom. The molecule has 3 heterocycles. The molecule has 28 heavy (non-hydrogen) atoms. The maximum Gasteiger partial charge on any atom is 0.417 e. The molecule has 1 saturated heterocycles. The Labute approximate surface area is 158 Å². The van der Waals surface area contributed by atoms with Gasteiger partial charge in [0.25, 0.3) is 0 Å². The van der Waals surface area contributed by atoms with Crippen LogP contribution in [0.15, 0.2) is 42.9 Å². The Morgan fingerprint density at radius 1 is 1.14 bits per heavy atom. The summed E-state index contributed by atoms with van der Waals surface area (Å²) >= 11 is 0. The number of alkyl halides is 3. The van der Waals surface area contributed by atoms with E-state index in [4.69, 9.17) is 9.47 Å². The van der Waals surface area contributed by atoms with Crippen molar-refractivity contribution in [1.29, 1.82) is 0 Å². The predicted octanol–water partition coefficient (Wildman–Crippen LogP) is 3.78. The lowest BCUT2D eigenvalue weighted by molar-refractivity contribution is -0.137. The second-order valence-electron chi connectivity index (χ2n) is 6.84. The molecule has 1 N–H and O–H groups in total. The number of halogens is 3. The van der Waals surface area contributed by atoms with Crippen LogP contribution in [0.5, 0.6) is 11.6 Å². The molecule has 148 valence electrons. The number of nitrogens with zero attached hydrogens (tertiary/aromatic N) is 3. The lowest BCUT2D eigenvalue weighted by atomic mass is 9.94. The van der Waals surface area contributed by atoms with Gasteiger partial charge >= 0.3 is 6.18 Å². The molecule has 0 spiro atoms. The molecule has 0 radical (unpaired) electrons. The number of fused-ring (bicyclic) bond motifs is 1. The van der Waals surface area contributed by atoms with Crippen LogP contribution in [0.4, 0.5) is 13.2 Å². The van der Waals surface area contributed by atoms with E-state index < -0.39 is 17.3 Å². The summed E-state index contributed by atoms with van der Waals surface area (Å²) in [4.78, 5) is 8.04. The van der Waals surface area contributed by atoms with Gasteiger partial charge in [-0.2, -0.15) is 13.2 Å². The van der Waals surface area contributed by atoms with E-state index in [1.165, 1.54) is 6.07 Å². The second-order valence-corrected chi connectivity index (χ2v) is 6.84. The summed E-state index contributed by atoms with van der Waals surface area (Å²) in [7, 11) is 0. The Kier molecular flexibility index (Phi) is 4.72. The molecule has 0 bridgehead atoms. The monoisotopic (exact) mass is 393 g/mol. The molecular weight excluding hydrogens is 375 g/mol. The van der Waals surface area contributed by atoms with Crippen molar-refractivity contribution in [3.8, 4) is 11.6 Å². The molecule has 1 aromatic carbocycles. The van der Waals surface area contributed by atoms with Gasteiger partial charge < -0.3 is 19.1 Å². The van der Waals surface area contributed by atoms with Crippen molar-refractivity contribution in [2.45, 2.75) is 31.2 Å². The van der Waals surface area contributed by atoms with Gasteiger partial charge in [0.15, 0.2) is 0 Å². The molecule has 1 aliphatic rings. The van der Waals surface area contributed by atoms with Crippen molar-refractivity contribution >= 4 is 11.0 Å². The lowest BCUT2D eigenvalue weighted by Gasteiger charge is -2.32. The zero-order valence-electron chi connectivity index (χ0n) is 14.8. The number of hydrogen-bond acceptors (Lipinski definition) is 5. The van der Waals surface area contributed by atoms with Gasteiger partial charge in [0.1, 0.15) is 5.75 Å². The Hall–Kier alpha value is -2.65. The van der Waals surface area contributed by atoms with Gasteiger partial charge in [-0.05, 0) is 18.2 Å². The molecule has 3 aromatic rings. The second kappa shape index (κ2) is 7.06. The normalized spacial score (nSPS) is 17.0. The first-order chi connectivity index (χ1) is 13.3. The smallest absolute Gasteiger partial charge is 0.417 e. The van der Waals surface area contributed by atoms with E-state index in [1.54, 1.807) is 24.5 Å². The van der Waals surface area contributed by atoms with Crippen LogP contribution >= 0.6 is 0 Å². The third-order valence-corrected chi connectivity index (χ3v) is 4.77. The maximum absolute atomic E-state index is 12.6. The minimum atomic E-state index is -4.44. The molecule has 4 rings (SSSR count). The first-order valence-corrected chi connectivity index (χ1v) is 8.79. The van der Waals surface area contributed by atoms with Crippen LogP contribution in [-0.2, 0) is 17.5 Å². The van der Waals surface area contributed by atoms with E-state index in [-0.39, 0.29) is 5.88 Å². The summed E-state index contributed by atoms with van der Waals surface area (Å²) in [6.07, 6.45) is -0.977. The highest BCUT2D eigenvalue weighted by Crippen LogP contribution is 2.31. The molecule has 2 aromatic heterocycles. The topological polar surface area (TPSA) is 69.4 Å². The number of aliphatic hydroxyl groups is 1. The summed E-state index contributed by atoms with van der Waals surface area (Å²) in [6.45, 7) is 1.39. The van der Waals surface area contributed by atoms with Crippen molar-refractivity contribution in [1.82, 2.24) is 14.5 Å². The third kappa shape index (κ3) is 3.95. The van der Waals surface area contributed by atoms with Crippen LogP contribution in [0.2, 0.25) is 0 Å². The van der Waals surface area contributed by atoms with E-state index in [1.807, 2.05) is 4.57 Å². The van der Waals surface area contributed by atoms with Crippen molar-refractivity contribution in [3.63, 3.8) is 0 Å². The molecule has 1 aliphatic heterocycles. The molecule has 0 atom stereocenters. The van der Waals surface area contributed by atoms with E-state index in [9.17, 15) is 18.3 Å². The molecule has 0 unspecified atom stereocenters. The fraction of sp³-hybridized carbons (Fsp3) is 0.368. The fourth-order valence-electron chi connectivity index (χ4n) is 3.18. The summed E-state index contributed by atoms with van der Waals surface area (Å²) in [5.74, 6) is 0.474. The van der Waals surface area contributed by atoms with Gasteiger partial charge in [-0.15, -0.1) is 0 Å². The van der Waals surface area contributed by atoms with Crippen molar-refractivity contribution in [3.05, 3.63) is 48.4 Å². The minimum Gasteiger partial charge on any atom is -0.439 e. The molecule has 1 fully saturated rings. The molecule has 0 saturated carbocycles. The Bertz CT molecular complexity index is 964. The maximum atomic E-state index is 12.6. The van der Waals surface area contributed by atoms with Crippen LogP contribution in [0.1, 0.15) is 18.4 Å². The molecule has 6 nitrogen and oxygen atoms in total. The average molecular weight is 393 g/mol. The van der Waals surface area contributed by atoms with Gasteiger partial charge in [0.2, 0.25) is 5.88 Å². The average Bonchev–Trinajstić information content (AvgIpc) is 3.04. The van der Waals surface area contributed by atoms with Crippen molar-refractivity contribution in [2.24, 2.45) is 0 Å². The largest absolute Gasteiger partial charge is 0.439 e. The van der Waals surface area contributed by atoms with Gasteiger partial charge in [-0.25, -0.2) is 9.97 Å². The fourth-order valence-corrected chi connectivity index (χ4v) is 3.18. The lowest BCUT2D eigenvalue weighted by Crippen LogP contribution is -2.39. The summed E-state index contributed by atoms with van der Waals surface area (Å²) in [6, 6.07) is 7.24. The zero-order chi connectivity index (χ0) is 19.8. The minimum absolute atomic E-state index is 0.0569. The first-order valence-electron chi connectivity index (χ1n) is 8.79. The number of pyridine rings is 1. The molecular formula is C19H18F3N3O3. The van der Waals surface area contributed by atoms with Gasteiger partial charge in [0, 0.05) is 44.4 Å². The highest BCUT2D eigenvalue weighted by Gasteiger charge is 2.31.